The Kier molecular flexibility index (Phi) is 4.68. The Hall–Kier alpha value is -1.95. The van der Waals surface area contributed by atoms with Gasteiger partial charge in [0, 0.05) is 18.7 Å². The molecule has 1 aromatic carbocycles. The standard InChI is InChI=1S/C14H18N2O4/c1-10-4-2-6-12(13(10)16(18)19)14(17)15-8-7-11-5-3-9-20-11/h2,4,6,11H,3,5,7-9H2,1H3,(H,15,17). The second kappa shape index (κ2) is 6.47. The first-order chi connectivity index (χ1) is 9.59. The van der Waals surface area contributed by atoms with Crippen LogP contribution < -0.4 is 5.32 Å². The number of para-hydroxylation sites is 1. The molecule has 1 amide bonds. The van der Waals surface area contributed by atoms with E-state index in [1.165, 1.54) is 6.07 Å². The third-order valence-electron chi connectivity index (χ3n) is 3.44. The average molecular weight is 278 g/mol. The van der Waals surface area contributed by atoms with Crippen LogP contribution in [0.25, 0.3) is 0 Å². The number of rotatable bonds is 5. The molecule has 0 aromatic heterocycles. The Bertz CT molecular complexity index is 510. The van der Waals surface area contributed by atoms with Gasteiger partial charge in [0.2, 0.25) is 0 Å². The van der Waals surface area contributed by atoms with Gasteiger partial charge < -0.3 is 10.1 Å². The van der Waals surface area contributed by atoms with Crippen LogP contribution in [-0.2, 0) is 4.74 Å². The van der Waals surface area contributed by atoms with Crippen molar-refractivity contribution in [3.05, 3.63) is 39.4 Å². The second-order valence-electron chi connectivity index (χ2n) is 4.91. The number of nitrogens with one attached hydrogen (secondary N) is 1. The number of hydrogen-bond acceptors (Lipinski definition) is 4. The lowest BCUT2D eigenvalue weighted by atomic mass is 10.1. The fourth-order valence-electron chi connectivity index (χ4n) is 2.40. The third-order valence-corrected chi connectivity index (χ3v) is 3.44. The maximum Gasteiger partial charge on any atom is 0.285 e. The molecule has 0 aliphatic carbocycles. The van der Waals surface area contributed by atoms with Crippen LogP contribution in [0.4, 0.5) is 5.69 Å². The quantitative estimate of drug-likeness (QED) is 0.661. The SMILES string of the molecule is Cc1cccc(C(=O)NCCC2CCCO2)c1[N+](=O)[O-]. The van der Waals surface area contributed by atoms with E-state index in [-0.39, 0.29) is 17.4 Å². The molecular weight excluding hydrogens is 260 g/mol. The van der Waals surface area contributed by atoms with Gasteiger partial charge in [-0.15, -0.1) is 0 Å². The molecule has 1 saturated heterocycles. The number of carbonyl (C=O) groups is 1. The zero-order valence-corrected chi connectivity index (χ0v) is 11.4. The number of nitro groups is 1. The van der Waals surface area contributed by atoms with E-state index < -0.39 is 10.8 Å². The van der Waals surface area contributed by atoms with Gasteiger partial charge in [-0.1, -0.05) is 12.1 Å². The first-order valence-electron chi connectivity index (χ1n) is 6.73. The van der Waals surface area contributed by atoms with Gasteiger partial charge in [0.15, 0.2) is 0 Å². The first-order valence-corrected chi connectivity index (χ1v) is 6.73. The maximum absolute atomic E-state index is 12.0. The van der Waals surface area contributed by atoms with Crippen molar-refractivity contribution in [2.24, 2.45) is 0 Å². The van der Waals surface area contributed by atoms with Crippen molar-refractivity contribution in [3.63, 3.8) is 0 Å². The maximum atomic E-state index is 12.0. The minimum absolute atomic E-state index is 0.113. The van der Waals surface area contributed by atoms with Crippen LogP contribution in [0.2, 0.25) is 0 Å². The van der Waals surface area contributed by atoms with Crippen LogP contribution in [0.15, 0.2) is 18.2 Å². The number of ether oxygens (including phenoxy) is 1. The molecule has 1 unspecified atom stereocenters. The number of amides is 1. The molecule has 1 N–H and O–H groups in total. The molecule has 1 aliphatic heterocycles. The van der Waals surface area contributed by atoms with E-state index >= 15 is 0 Å². The highest BCUT2D eigenvalue weighted by Gasteiger charge is 2.22. The zero-order valence-electron chi connectivity index (χ0n) is 11.4. The molecule has 0 radical (unpaired) electrons. The Morgan fingerprint density at radius 2 is 2.35 bits per heavy atom. The zero-order chi connectivity index (χ0) is 14.5. The van der Waals surface area contributed by atoms with E-state index in [1.54, 1.807) is 19.1 Å². The molecular formula is C14H18N2O4. The van der Waals surface area contributed by atoms with Crippen LogP contribution in [0.5, 0.6) is 0 Å². The van der Waals surface area contributed by atoms with Crippen LogP contribution in [0.3, 0.4) is 0 Å². The van der Waals surface area contributed by atoms with E-state index in [1.807, 2.05) is 0 Å². The molecule has 1 atom stereocenters. The van der Waals surface area contributed by atoms with Gasteiger partial charge in [-0.2, -0.15) is 0 Å². The number of carbonyl (C=O) groups excluding carboxylic acids is 1. The van der Waals surface area contributed by atoms with Gasteiger partial charge >= 0.3 is 0 Å². The summed E-state index contributed by atoms with van der Waals surface area (Å²) < 4.78 is 5.46. The van der Waals surface area contributed by atoms with Gasteiger partial charge in [-0.3, -0.25) is 14.9 Å². The predicted octanol–water partition coefficient (Wildman–Crippen LogP) is 2.20. The number of nitro benzene ring substituents is 1. The van der Waals surface area contributed by atoms with E-state index in [0.29, 0.717) is 12.1 Å². The van der Waals surface area contributed by atoms with Gasteiger partial charge in [0.1, 0.15) is 5.56 Å². The summed E-state index contributed by atoms with van der Waals surface area (Å²) in [6, 6.07) is 4.76. The fourth-order valence-corrected chi connectivity index (χ4v) is 2.40. The molecule has 1 heterocycles. The van der Waals surface area contributed by atoms with Crippen molar-refractivity contribution >= 4 is 11.6 Å². The summed E-state index contributed by atoms with van der Waals surface area (Å²) in [6.07, 6.45) is 3.01. The predicted molar refractivity (Wildman–Crippen MR) is 73.8 cm³/mol. The van der Waals surface area contributed by atoms with E-state index in [9.17, 15) is 14.9 Å². The van der Waals surface area contributed by atoms with Gasteiger partial charge in [0.05, 0.1) is 11.0 Å². The van der Waals surface area contributed by atoms with E-state index in [0.717, 1.165) is 25.9 Å². The molecule has 2 rings (SSSR count). The number of nitrogens with zero attached hydrogens (tertiary/aromatic N) is 1. The first kappa shape index (κ1) is 14.5. The third kappa shape index (κ3) is 3.33. The molecule has 20 heavy (non-hydrogen) atoms. The summed E-state index contributed by atoms with van der Waals surface area (Å²) in [5, 5.41) is 13.8. The van der Waals surface area contributed by atoms with Crippen molar-refractivity contribution in [2.45, 2.75) is 32.3 Å². The van der Waals surface area contributed by atoms with Crippen molar-refractivity contribution in [1.29, 1.82) is 0 Å². The molecule has 108 valence electrons. The molecule has 6 heteroatoms. The smallest absolute Gasteiger partial charge is 0.285 e. The van der Waals surface area contributed by atoms with Crippen molar-refractivity contribution in [1.82, 2.24) is 5.32 Å². The second-order valence-corrected chi connectivity index (χ2v) is 4.91. The molecule has 6 nitrogen and oxygen atoms in total. The monoisotopic (exact) mass is 278 g/mol. The normalized spacial score (nSPS) is 17.9. The highest BCUT2D eigenvalue weighted by atomic mass is 16.6. The fraction of sp³-hybridized carbons (Fsp3) is 0.500. The number of benzene rings is 1. The minimum Gasteiger partial charge on any atom is -0.378 e. The number of hydrogen-bond donors (Lipinski definition) is 1. The number of aryl methyl sites for hydroxylation is 1. The van der Waals surface area contributed by atoms with Crippen LogP contribution in [-0.4, -0.2) is 30.1 Å². The lowest BCUT2D eigenvalue weighted by molar-refractivity contribution is -0.385. The average Bonchev–Trinajstić information content (AvgIpc) is 2.91. The molecule has 1 aromatic rings. The van der Waals surface area contributed by atoms with Gasteiger partial charge in [-0.25, -0.2) is 0 Å². The van der Waals surface area contributed by atoms with Gasteiger partial charge in [0.25, 0.3) is 11.6 Å². The summed E-state index contributed by atoms with van der Waals surface area (Å²) in [4.78, 5) is 22.6. The van der Waals surface area contributed by atoms with Gasteiger partial charge in [-0.05, 0) is 32.3 Å². The van der Waals surface area contributed by atoms with E-state index in [2.05, 4.69) is 5.32 Å². The summed E-state index contributed by atoms with van der Waals surface area (Å²) in [7, 11) is 0. The Morgan fingerprint density at radius 1 is 1.55 bits per heavy atom. The van der Waals surface area contributed by atoms with Crippen molar-refractivity contribution in [3.8, 4) is 0 Å². The van der Waals surface area contributed by atoms with Crippen LogP contribution >= 0.6 is 0 Å². The summed E-state index contributed by atoms with van der Waals surface area (Å²) in [5.41, 5.74) is 0.478. The Labute approximate surface area is 117 Å². The highest BCUT2D eigenvalue weighted by molar-refractivity contribution is 5.98. The van der Waals surface area contributed by atoms with Crippen molar-refractivity contribution < 1.29 is 14.5 Å². The highest BCUT2D eigenvalue weighted by Crippen LogP contribution is 2.23. The van der Waals surface area contributed by atoms with E-state index in [4.69, 9.17) is 4.74 Å². The largest absolute Gasteiger partial charge is 0.378 e. The minimum atomic E-state index is -0.510. The summed E-state index contributed by atoms with van der Waals surface area (Å²) >= 11 is 0. The van der Waals surface area contributed by atoms with Crippen molar-refractivity contribution in [2.75, 3.05) is 13.2 Å². The topological polar surface area (TPSA) is 81.5 Å². The molecule has 1 fully saturated rings. The van der Waals surface area contributed by atoms with Crippen LogP contribution in [0, 0.1) is 17.0 Å². The van der Waals surface area contributed by atoms with Crippen LogP contribution in [0.1, 0.15) is 35.2 Å². The summed E-state index contributed by atoms with van der Waals surface area (Å²) in [6.45, 7) is 2.87. The molecule has 0 saturated carbocycles. The molecule has 0 spiro atoms. The lowest BCUT2D eigenvalue weighted by Crippen LogP contribution is -2.27. The molecule has 0 bridgehead atoms. The lowest BCUT2D eigenvalue weighted by Gasteiger charge is -2.10. The Balaban J connectivity index is 1.98. The Morgan fingerprint density at radius 3 is 3.00 bits per heavy atom. The molecule has 1 aliphatic rings. The summed E-state index contributed by atoms with van der Waals surface area (Å²) in [5.74, 6) is -0.404.